The van der Waals surface area contributed by atoms with Crippen molar-refractivity contribution in [2.45, 2.75) is 43.6 Å². The number of rotatable bonds is 0. The molecule has 2 heteroatoms. The molecule has 0 saturated heterocycles. The highest BCUT2D eigenvalue weighted by atomic mass is 35.5. The molecule has 1 saturated carbocycles. The maximum atomic E-state index is 9.30. The van der Waals surface area contributed by atoms with Gasteiger partial charge in [0.2, 0.25) is 0 Å². The summed E-state index contributed by atoms with van der Waals surface area (Å²) < 4.78 is 0. The molecule has 0 bridgehead atoms. The summed E-state index contributed by atoms with van der Waals surface area (Å²) in [4.78, 5) is -0.335. The van der Waals surface area contributed by atoms with Gasteiger partial charge in [-0.2, -0.15) is 0 Å². The van der Waals surface area contributed by atoms with Crippen molar-refractivity contribution in [1.82, 2.24) is 0 Å². The molecule has 2 atom stereocenters. The molecule has 0 spiro atoms. The van der Waals surface area contributed by atoms with Crippen LogP contribution in [0.3, 0.4) is 0 Å². The van der Waals surface area contributed by atoms with E-state index in [1.54, 1.807) is 0 Å². The first-order valence-electron chi connectivity index (χ1n) is 3.50. The van der Waals surface area contributed by atoms with Gasteiger partial charge in [-0.15, -0.1) is 11.6 Å². The molecule has 0 heterocycles. The van der Waals surface area contributed by atoms with Crippen LogP contribution in [0.1, 0.15) is 32.6 Å². The van der Waals surface area contributed by atoms with Crippen molar-refractivity contribution < 1.29 is 5.11 Å². The maximum absolute atomic E-state index is 9.30. The van der Waals surface area contributed by atoms with Crippen molar-refractivity contribution >= 4 is 11.6 Å². The standard InChI is InChI=1S/C7H13ClO/c1-7(8)5-3-2-4-6(7)9/h6,9H,2-5H2,1H3/t6-,7+/m1/s1. The Labute approximate surface area is 61.0 Å². The second kappa shape index (κ2) is 2.47. The van der Waals surface area contributed by atoms with E-state index in [1.165, 1.54) is 0 Å². The second-order valence-electron chi connectivity index (χ2n) is 3.04. The van der Waals surface area contributed by atoms with Crippen LogP contribution in [0.25, 0.3) is 0 Å². The molecule has 1 rings (SSSR count). The van der Waals surface area contributed by atoms with Crippen molar-refractivity contribution in [3.63, 3.8) is 0 Å². The molecule has 1 nitrogen and oxygen atoms in total. The Morgan fingerprint density at radius 2 is 2.22 bits per heavy atom. The van der Waals surface area contributed by atoms with Gasteiger partial charge in [-0.1, -0.05) is 12.8 Å². The summed E-state index contributed by atoms with van der Waals surface area (Å²) in [5.41, 5.74) is 0. The summed E-state index contributed by atoms with van der Waals surface area (Å²) in [7, 11) is 0. The molecule has 0 radical (unpaired) electrons. The number of halogens is 1. The third-order valence-electron chi connectivity index (χ3n) is 2.09. The van der Waals surface area contributed by atoms with Gasteiger partial charge in [0.25, 0.3) is 0 Å². The van der Waals surface area contributed by atoms with Gasteiger partial charge in [-0.3, -0.25) is 0 Å². The molecular formula is C7H13ClO. The van der Waals surface area contributed by atoms with E-state index in [9.17, 15) is 5.11 Å². The zero-order valence-electron chi connectivity index (χ0n) is 5.73. The van der Waals surface area contributed by atoms with Crippen molar-refractivity contribution in [3.8, 4) is 0 Å². The van der Waals surface area contributed by atoms with Gasteiger partial charge in [0.15, 0.2) is 0 Å². The van der Waals surface area contributed by atoms with Crippen LogP contribution in [0, 0.1) is 0 Å². The van der Waals surface area contributed by atoms with Crippen LogP contribution in [-0.2, 0) is 0 Å². The Morgan fingerprint density at radius 3 is 2.56 bits per heavy atom. The highest BCUT2D eigenvalue weighted by Gasteiger charge is 2.32. The van der Waals surface area contributed by atoms with E-state index in [4.69, 9.17) is 11.6 Å². The minimum atomic E-state index is -0.335. The van der Waals surface area contributed by atoms with Crippen LogP contribution >= 0.6 is 11.6 Å². The zero-order chi connectivity index (χ0) is 6.91. The van der Waals surface area contributed by atoms with E-state index in [-0.39, 0.29) is 11.0 Å². The fourth-order valence-electron chi connectivity index (χ4n) is 1.28. The molecule has 0 aromatic heterocycles. The van der Waals surface area contributed by atoms with Gasteiger partial charge in [0.1, 0.15) is 0 Å². The highest BCUT2D eigenvalue weighted by molar-refractivity contribution is 6.24. The molecule has 0 aromatic carbocycles. The number of aliphatic hydroxyl groups excluding tert-OH is 1. The molecule has 0 amide bonds. The minimum Gasteiger partial charge on any atom is -0.391 e. The Morgan fingerprint density at radius 1 is 1.56 bits per heavy atom. The average Bonchev–Trinajstić information content (AvgIpc) is 1.77. The van der Waals surface area contributed by atoms with E-state index in [1.807, 2.05) is 6.92 Å². The summed E-state index contributed by atoms with van der Waals surface area (Å²) in [6.45, 7) is 1.92. The number of aliphatic hydroxyl groups is 1. The predicted molar refractivity (Wildman–Crippen MR) is 38.7 cm³/mol. The average molecular weight is 149 g/mol. The Balaban J connectivity index is 2.49. The lowest BCUT2D eigenvalue weighted by atomic mass is 9.87. The zero-order valence-corrected chi connectivity index (χ0v) is 6.49. The van der Waals surface area contributed by atoms with Gasteiger partial charge in [0, 0.05) is 0 Å². The van der Waals surface area contributed by atoms with Gasteiger partial charge < -0.3 is 5.11 Å². The second-order valence-corrected chi connectivity index (χ2v) is 3.90. The molecule has 1 aliphatic rings. The summed E-state index contributed by atoms with van der Waals surface area (Å²) in [5.74, 6) is 0. The SMILES string of the molecule is C[C@]1(Cl)CCCC[C@H]1O. The third-order valence-corrected chi connectivity index (χ3v) is 2.53. The molecule has 0 aromatic rings. The molecule has 0 unspecified atom stereocenters. The van der Waals surface area contributed by atoms with E-state index in [0.717, 1.165) is 25.7 Å². The topological polar surface area (TPSA) is 20.2 Å². The van der Waals surface area contributed by atoms with Crippen LogP contribution < -0.4 is 0 Å². The van der Waals surface area contributed by atoms with Crippen molar-refractivity contribution in [2.24, 2.45) is 0 Å². The van der Waals surface area contributed by atoms with E-state index in [0.29, 0.717) is 0 Å². The first kappa shape index (κ1) is 7.36. The molecule has 1 fully saturated rings. The van der Waals surface area contributed by atoms with Gasteiger partial charge in [0.05, 0.1) is 11.0 Å². The Bertz CT molecular complexity index is 101. The lowest BCUT2D eigenvalue weighted by molar-refractivity contribution is 0.0946. The molecule has 1 N–H and O–H groups in total. The van der Waals surface area contributed by atoms with Gasteiger partial charge in [-0.25, -0.2) is 0 Å². The lowest BCUT2D eigenvalue weighted by Crippen LogP contribution is -2.36. The number of hydrogen-bond donors (Lipinski definition) is 1. The highest BCUT2D eigenvalue weighted by Crippen LogP contribution is 2.33. The fraction of sp³-hybridized carbons (Fsp3) is 1.00. The molecule has 9 heavy (non-hydrogen) atoms. The van der Waals surface area contributed by atoms with Gasteiger partial charge in [-0.05, 0) is 19.8 Å². The first-order valence-corrected chi connectivity index (χ1v) is 3.88. The predicted octanol–water partition coefficient (Wildman–Crippen LogP) is 1.92. The lowest BCUT2D eigenvalue weighted by Gasteiger charge is -2.32. The van der Waals surface area contributed by atoms with Crippen LogP contribution in [0.5, 0.6) is 0 Å². The molecular weight excluding hydrogens is 136 g/mol. The van der Waals surface area contributed by atoms with E-state index < -0.39 is 0 Å². The van der Waals surface area contributed by atoms with Gasteiger partial charge >= 0.3 is 0 Å². The smallest absolute Gasteiger partial charge is 0.0729 e. The number of hydrogen-bond acceptors (Lipinski definition) is 1. The van der Waals surface area contributed by atoms with Crippen molar-refractivity contribution in [1.29, 1.82) is 0 Å². The summed E-state index contributed by atoms with van der Waals surface area (Å²) in [5, 5.41) is 9.30. The fourth-order valence-corrected chi connectivity index (χ4v) is 1.52. The minimum absolute atomic E-state index is 0.284. The van der Waals surface area contributed by atoms with Crippen molar-refractivity contribution in [2.75, 3.05) is 0 Å². The summed E-state index contributed by atoms with van der Waals surface area (Å²) in [6, 6.07) is 0. The number of alkyl halides is 1. The van der Waals surface area contributed by atoms with Crippen LogP contribution in [-0.4, -0.2) is 16.1 Å². The summed E-state index contributed by atoms with van der Waals surface area (Å²) >= 11 is 5.97. The monoisotopic (exact) mass is 148 g/mol. The maximum Gasteiger partial charge on any atom is 0.0729 e. The quantitative estimate of drug-likeness (QED) is 0.521. The largest absolute Gasteiger partial charge is 0.391 e. The summed E-state index contributed by atoms with van der Waals surface area (Å²) in [6.07, 6.45) is 3.84. The van der Waals surface area contributed by atoms with Crippen LogP contribution in [0.2, 0.25) is 0 Å². The molecule has 0 aliphatic heterocycles. The first-order chi connectivity index (χ1) is 4.13. The van der Waals surface area contributed by atoms with Crippen molar-refractivity contribution in [3.05, 3.63) is 0 Å². The Kier molecular flexibility index (Phi) is 2.02. The third kappa shape index (κ3) is 1.59. The normalized spacial score (nSPS) is 45.0. The van der Waals surface area contributed by atoms with E-state index in [2.05, 4.69) is 0 Å². The Hall–Kier alpha value is 0.250. The van der Waals surface area contributed by atoms with Crippen LogP contribution in [0.4, 0.5) is 0 Å². The van der Waals surface area contributed by atoms with E-state index >= 15 is 0 Å². The molecule has 1 aliphatic carbocycles. The van der Waals surface area contributed by atoms with Crippen LogP contribution in [0.15, 0.2) is 0 Å². The molecule has 54 valence electrons.